The number of alkyl halides is 2. The maximum atomic E-state index is 14.0. The quantitative estimate of drug-likeness (QED) is 0.583. The molecule has 1 amide bonds. The normalized spacial score (nSPS) is 18.0. The van der Waals surface area contributed by atoms with Crippen LogP contribution in [0.3, 0.4) is 0 Å². The van der Waals surface area contributed by atoms with E-state index in [1.54, 1.807) is 42.1 Å². The fourth-order valence-corrected chi connectivity index (χ4v) is 4.81. The number of nitrogens with zero attached hydrogens (tertiary/aromatic N) is 4. The second kappa shape index (κ2) is 7.18. The summed E-state index contributed by atoms with van der Waals surface area (Å²) in [5.74, 6) is -0.0811. The van der Waals surface area contributed by atoms with Crippen LogP contribution in [0.2, 0.25) is 0 Å². The number of benzene rings is 2. The van der Waals surface area contributed by atoms with Crippen molar-refractivity contribution in [3.8, 4) is 11.1 Å². The number of carbonyl (C=O) groups is 1. The summed E-state index contributed by atoms with van der Waals surface area (Å²) in [5.41, 5.74) is 5.93. The number of halogens is 2. The molecule has 3 heterocycles. The lowest BCUT2D eigenvalue weighted by Gasteiger charge is -2.33. The van der Waals surface area contributed by atoms with E-state index in [9.17, 15) is 13.6 Å². The van der Waals surface area contributed by atoms with Gasteiger partial charge in [0.1, 0.15) is 0 Å². The number of fused-ring (bicyclic) bond motifs is 2. The Morgan fingerprint density at radius 1 is 1.13 bits per heavy atom. The van der Waals surface area contributed by atoms with Gasteiger partial charge in [-0.15, -0.1) is 0 Å². The summed E-state index contributed by atoms with van der Waals surface area (Å²) in [6, 6.07) is 9.51. The molecule has 0 saturated heterocycles. The fourth-order valence-electron chi connectivity index (χ4n) is 4.81. The van der Waals surface area contributed by atoms with E-state index >= 15 is 0 Å². The predicted molar refractivity (Wildman–Crippen MR) is 117 cm³/mol. The van der Waals surface area contributed by atoms with Gasteiger partial charge in [0.05, 0.1) is 12.1 Å². The molecule has 5 rings (SSSR count). The molecule has 3 aromatic rings. The fraction of sp³-hybridized carbons (Fsp3) is 0.333. The molecule has 0 bridgehead atoms. The smallest absolute Gasteiger partial charge is 0.264 e. The third-order valence-electron chi connectivity index (χ3n) is 6.47. The monoisotopic (exact) mass is 422 g/mol. The Kier molecular flexibility index (Phi) is 4.57. The molecule has 160 valence electrons. The van der Waals surface area contributed by atoms with Crippen LogP contribution in [0, 0.1) is 0 Å². The van der Waals surface area contributed by atoms with E-state index in [4.69, 9.17) is 0 Å². The highest BCUT2D eigenvalue weighted by atomic mass is 19.3. The highest BCUT2D eigenvalue weighted by Crippen LogP contribution is 2.44. The average molecular weight is 422 g/mol. The molecule has 2 aliphatic heterocycles. The first kappa shape index (κ1) is 19.7. The molecular formula is C24H24F2N4O. The van der Waals surface area contributed by atoms with Crippen LogP contribution in [0.25, 0.3) is 11.1 Å². The first-order valence-corrected chi connectivity index (χ1v) is 10.5. The lowest BCUT2D eigenvalue weighted by Crippen LogP contribution is -2.25. The van der Waals surface area contributed by atoms with Gasteiger partial charge in [-0.2, -0.15) is 5.10 Å². The minimum Gasteiger partial charge on any atom is -0.341 e. The number of anilines is 3. The van der Waals surface area contributed by atoms with Gasteiger partial charge in [-0.25, -0.2) is 8.78 Å². The van der Waals surface area contributed by atoms with Crippen molar-refractivity contribution in [3.63, 3.8) is 0 Å². The average Bonchev–Trinajstić information content (AvgIpc) is 3.29. The minimum absolute atomic E-state index is 0.0146. The summed E-state index contributed by atoms with van der Waals surface area (Å²) < 4.78 is 29.7. The van der Waals surface area contributed by atoms with Gasteiger partial charge in [-0.05, 0) is 60.7 Å². The number of aromatic nitrogens is 2. The number of hydrogen-bond acceptors (Lipinski definition) is 3. The van der Waals surface area contributed by atoms with Crippen LogP contribution in [-0.2, 0) is 18.3 Å². The van der Waals surface area contributed by atoms with E-state index in [1.807, 2.05) is 31.2 Å². The molecule has 0 fully saturated rings. The summed E-state index contributed by atoms with van der Waals surface area (Å²) in [5, 5.41) is 4.15. The highest BCUT2D eigenvalue weighted by molar-refractivity contribution is 6.05. The predicted octanol–water partition coefficient (Wildman–Crippen LogP) is 5.19. The Hall–Kier alpha value is -3.22. The topological polar surface area (TPSA) is 41.4 Å². The molecule has 7 heteroatoms. The Balaban J connectivity index is 1.61. The maximum absolute atomic E-state index is 14.0. The maximum Gasteiger partial charge on any atom is 0.264 e. The number of amides is 1. The van der Waals surface area contributed by atoms with Crippen molar-refractivity contribution in [1.29, 1.82) is 0 Å². The molecule has 1 aromatic heterocycles. The summed E-state index contributed by atoms with van der Waals surface area (Å²) in [4.78, 5) is 16.1. The molecule has 31 heavy (non-hydrogen) atoms. The third-order valence-corrected chi connectivity index (χ3v) is 6.47. The second-order valence-electron chi connectivity index (χ2n) is 8.39. The van der Waals surface area contributed by atoms with Gasteiger partial charge in [0.2, 0.25) is 5.91 Å². The molecule has 1 unspecified atom stereocenters. The molecule has 2 aromatic carbocycles. The number of hydrogen-bond donors (Lipinski definition) is 0. The van der Waals surface area contributed by atoms with Gasteiger partial charge in [0.15, 0.2) is 0 Å². The van der Waals surface area contributed by atoms with Gasteiger partial charge in [-0.3, -0.25) is 9.48 Å². The zero-order chi connectivity index (χ0) is 21.9. The van der Waals surface area contributed by atoms with Crippen molar-refractivity contribution in [2.75, 3.05) is 23.4 Å². The summed E-state index contributed by atoms with van der Waals surface area (Å²) in [7, 11) is 3.57. The van der Waals surface area contributed by atoms with Crippen molar-refractivity contribution in [2.45, 2.75) is 32.1 Å². The van der Waals surface area contributed by atoms with Crippen molar-refractivity contribution in [3.05, 3.63) is 59.4 Å². The number of rotatable bonds is 3. The van der Waals surface area contributed by atoms with Crippen molar-refractivity contribution in [1.82, 2.24) is 9.78 Å². The Morgan fingerprint density at radius 3 is 2.65 bits per heavy atom. The van der Waals surface area contributed by atoms with Crippen LogP contribution in [0.15, 0.2) is 42.7 Å². The minimum atomic E-state index is -2.59. The Bertz CT molecular complexity index is 1190. The first-order chi connectivity index (χ1) is 14.8. The first-order valence-electron chi connectivity index (χ1n) is 10.5. The largest absolute Gasteiger partial charge is 0.341 e. The van der Waals surface area contributed by atoms with Crippen molar-refractivity contribution < 1.29 is 13.6 Å². The third kappa shape index (κ3) is 3.10. The molecule has 0 saturated carbocycles. The molecular weight excluding hydrogens is 398 g/mol. The van der Waals surface area contributed by atoms with E-state index in [-0.39, 0.29) is 17.4 Å². The SMILES string of the molecule is CC1C(=O)N(C)c2cc(N3CCCc4cc(-c5cnn(C)c5)c(C(F)F)cc43)ccc21. The van der Waals surface area contributed by atoms with E-state index < -0.39 is 6.43 Å². The van der Waals surface area contributed by atoms with Crippen molar-refractivity contribution in [2.24, 2.45) is 7.05 Å². The van der Waals surface area contributed by atoms with Crippen molar-refractivity contribution >= 4 is 23.0 Å². The van der Waals surface area contributed by atoms with Gasteiger partial charge in [-0.1, -0.05) is 6.07 Å². The molecule has 0 aliphatic carbocycles. The van der Waals surface area contributed by atoms with Gasteiger partial charge in [0.25, 0.3) is 6.43 Å². The van der Waals surface area contributed by atoms with E-state index in [1.165, 1.54) is 0 Å². The molecule has 0 radical (unpaired) electrons. The standard InChI is InChI=1S/C24H24F2N4O/c1-14-18-7-6-17(10-22(18)29(3)24(14)31)30-8-4-5-15-9-19(16-12-27-28(2)13-16)20(23(25)26)11-21(15)30/h6-7,9-14,23H,4-5,8H2,1-3H3. The number of aryl methyl sites for hydroxylation is 2. The Labute approximate surface area is 179 Å². The summed E-state index contributed by atoms with van der Waals surface area (Å²) in [6.45, 7) is 2.66. The molecule has 0 N–H and O–H groups in total. The van der Waals surface area contributed by atoms with Crippen LogP contribution in [0.1, 0.15) is 42.4 Å². The zero-order valence-corrected chi connectivity index (χ0v) is 17.8. The second-order valence-corrected chi connectivity index (χ2v) is 8.39. The summed E-state index contributed by atoms with van der Waals surface area (Å²) in [6.07, 6.45) is 2.57. The van der Waals surface area contributed by atoms with E-state index in [0.29, 0.717) is 11.1 Å². The van der Waals surface area contributed by atoms with Crippen LogP contribution in [0.5, 0.6) is 0 Å². The molecule has 5 nitrogen and oxygen atoms in total. The van der Waals surface area contributed by atoms with Gasteiger partial charge < -0.3 is 9.80 Å². The van der Waals surface area contributed by atoms with Gasteiger partial charge >= 0.3 is 0 Å². The number of likely N-dealkylation sites (N-methyl/N-ethyl adjacent to an activating group) is 1. The summed E-state index contributed by atoms with van der Waals surface area (Å²) >= 11 is 0. The zero-order valence-electron chi connectivity index (χ0n) is 17.8. The lowest BCUT2D eigenvalue weighted by molar-refractivity contribution is -0.118. The molecule has 2 aliphatic rings. The molecule has 1 atom stereocenters. The van der Waals surface area contributed by atoms with Crippen LogP contribution < -0.4 is 9.80 Å². The van der Waals surface area contributed by atoms with Crippen LogP contribution in [0.4, 0.5) is 25.8 Å². The molecule has 0 spiro atoms. The highest BCUT2D eigenvalue weighted by Gasteiger charge is 2.33. The van der Waals surface area contributed by atoms with Crippen LogP contribution in [-0.4, -0.2) is 29.3 Å². The van der Waals surface area contributed by atoms with E-state index in [0.717, 1.165) is 47.6 Å². The van der Waals surface area contributed by atoms with Gasteiger partial charge in [0, 0.05) is 55.0 Å². The lowest BCUT2D eigenvalue weighted by atomic mass is 9.92. The Morgan fingerprint density at radius 2 is 1.94 bits per heavy atom. The number of carbonyl (C=O) groups excluding carboxylic acids is 1. The van der Waals surface area contributed by atoms with E-state index in [2.05, 4.69) is 10.00 Å². The van der Waals surface area contributed by atoms with Crippen LogP contribution >= 0.6 is 0 Å².